The van der Waals surface area contributed by atoms with E-state index in [1.165, 1.54) is 6.92 Å². The summed E-state index contributed by atoms with van der Waals surface area (Å²) in [5.74, 6) is -0.0557. The van der Waals surface area contributed by atoms with E-state index in [1.807, 2.05) is 6.92 Å². The van der Waals surface area contributed by atoms with Crippen molar-refractivity contribution in [3.05, 3.63) is 0 Å². The van der Waals surface area contributed by atoms with E-state index in [-0.39, 0.29) is 24.1 Å². The van der Waals surface area contributed by atoms with Crippen LogP contribution in [0.1, 0.15) is 26.7 Å². The fourth-order valence-electron chi connectivity index (χ4n) is 1.29. The van der Waals surface area contributed by atoms with Crippen molar-refractivity contribution in [3.8, 4) is 0 Å². The van der Waals surface area contributed by atoms with Gasteiger partial charge in [-0.05, 0) is 12.8 Å². The lowest BCUT2D eigenvalue weighted by Crippen LogP contribution is -2.19. The molecule has 3 nitrogen and oxygen atoms in total. The van der Waals surface area contributed by atoms with Crippen LogP contribution in [0.3, 0.4) is 0 Å². The molecule has 0 amide bonds. The number of carbonyl (C=O) groups excluding carboxylic acids is 1. The van der Waals surface area contributed by atoms with Gasteiger partial charge in [0.2, 0.25) is 0 Å². The van der Waals surface area contributed by atoms with E-state index >= 15 is 0 Å². The molecule has 1 saturated carbocycles. The Morgan fingerprint density at radius 1 is 1.82 bits per heavy atom. The summed E-state index contributed by atoms with van der Waals surface area (Å²) in [4.78, 5) is 10.5. The molecule has 0 heterocycles. The Bertz CT molecular complexity index is 155. The lowest BCUT2D eigenvalue weighted by molar-refractivity contribution is -0.147. The molecule has 3 heteroatoms. The molecule has 0 aliphatic heterocycles. The van der Waals surface area contributed by atoms with Crippen molar-refractivity contribution in [2.45, 2.75) is 38.9 Å². The standard InChI is InChI=1S/C8H14O3/c1-3-8(11-5(2)9)6-4-7(6)10/h6-8,10H,3-4H2,1-2H3. The maximum atomic E-state index is 10.5. The van der Waals surface area contributed by atoms with E-state index in [0.29, 0.717) is 0 Å². The van der Waals surface area contributed by atoms with E-state index in [9.17, 15) is 4.79 Å². The first-order chi connectivity index (χ1) is 5.15. The van der Waals surface area contributed by atoms with E-state index in [1.54, 1.807) is 0 Å². The Morgan fingerprint density at radius 2 is 2.36 bits per heavy atom. The van der Waals surface area contributed by atoms with Gasteiger partial charge in [-0.3, -0.25) is 4.79 Å². The summed E-state index contributed by atoms with van der Waals surface area (Å²) in [6.45, 7) is 3.36. The molecule has 64 valence electrons. The van der Waals surface area contributed by atoms with Gasteiger partial charge in [-0.25, -0.2) is 0 Å². The quantitative estimate of drug-likeness (QED) is 0.615. The maximum absolute atomic E-state index is 10.5. The molecule has 0 aromatic rings. The third-order valence-electron chi connectivity index (χ3n) is 2.00. The molecule has 0 bridgehead atoms. The minimum absolute atomic E-state index is 0.0671. The van der Waals surface area contributed by atoms with E-state index in [4.69, 9.17) is 9.84 Å². The van der Waals surface area contributed by atoms with Crippen molar-refractivity contribution in [2.24, 2.45) is 5.92 Å². The molecule has 0 spiro atoms. The zero-order valence-electron chi connectivity index (χ0n) is 6.91. The van der Waals surface area contributed by atoms with E-state index < -0.39 is 0 Å². The molecule has 3 atom stereocenters. The van der Waals surface area contributed by atoms with Crippen molar-refractivity contribution < 1.29 is 14.6 Å². The van der Waals surface area contributed by atoms with Crippen LogP contribution in [0.2, 0.25) is 0 Å². The molecule has 3 unspecified atom stereocenters. The molecule has 11 heavy (non-hydrogen) atoms. The highest BCUT2D eigenvalue weighted by atomic mass is 16.5. The number of ether oxygens (including phenoxy) is 1. The largest absolute Gasteiger partial charge is 0.462 e. The highest BCUT2D eigenvalue weighted by molar-refractivity contribution is 5.66. The van der Waals surface area contributed by atoms with Gasteiger partial charge in [-0.1, -0.05) is 6.92 Å². The molecule has 1 aliphatic rings. The van der Waals surface area contributed by atoms with Gasteiger partial charge in [0.15, 0.2) is 0 Å². The normalized spacial score (nSPS) is 31.2. The van der Waals surface area contributed by atoms with Gasteiger partial charge in [-0.2, -0.15) is 0 Å². The van der Waals surface area contributed by atoms with Crippen molar-refractivity contribution in [2.75, 3.05) is 0 Å². The molecular formula is C8H14O3. The number of hydrogen-bond donors (Lipinski definition) is 1. The monoisotopic (exact) mass is 158 g/mol. The predicted molar refractivity (Wildman–Crippen MR) is 40.0 cm³/mol. The van der Waals surface area contributed by atoms with Gasteiger partial charge in [0.1, 0.15) is 6.10 Å². The molecular weight excluding hydrogens is 144 g/mol. The summed E-state index contributed by atoms with van der Waals surface area (Å²) in [5, 5.41) is 9.05. The molecule has 0 radical (unpaired) electrons. The third kappa shape index (κ3) is 2.19. The van der Waals surface area contributed by atoms with Gasteiger partial charge >= 0.3 is 5.97 Å². The lowest BCUT2D eigenvalue weighted by Gasteiger charge is -2.13. The summed E-state index contributed by atoms with van der Waals surface area (Å²) in [6.07, 6.45) is 1.27. The van der Waals surface area contributed by atoms with Crippen LogP contribution in [-0.4, -0.2) is 23.3 Å². The Hall–Kier alpha value is -0.570. The Labute approximate surface area is 66.4 Å². The van der Waals surface area contributed by atoms with Gasteiger partial charge in [-0.15, -0.1) is 0 Å². The fraction of sp³-hybridized carbons (Fsp3) is 0.875. The van der Waals surface area contributed by atoms with E-state index in [0.717, 1.165) is 12.8 Å². The number of hydrogen-bond acceptors (Lipinski definition) is 3. The Balaban J connectivity index is 2.32. The van der Waals surface area contributed by atoms with E-state index in [2.05, 4.69) is 0 Å². The molecule has 1 N–H and O–H groups in total. The number of esters is 1. The minimum atomic E-state index is -0.254. The van der Waals surface area contributed by atoms with Crippen LogP contribution >= 0.6 is 0 Å². The summed E-state index contributed by atoms with van der Waals surface area (Å²) < 4.78 is 4.99. The molecule has 0 saturated heterocycles. The first-order valence-corrected chi connectivity index (χ1v) is 4.00. The maximum Gasteiger partial charge on any atom is 0.302 e. The summed E-state index contributed by atoms with van der Waals surface area (Å²) in [5.41, 5.74) is 0. The Kier molecular flexibility index (Phi) is 2.49. The first-order valence-electron chi connectivity index (χ1n) is 4.00. The van der Waals surface area contributed by atoms with Gasteiger partial charge in [0.25, 0.3) is 0 Å². The first kappa shape index (κ1) is 8.53. The van der Waals surface area contributed by atoms with Gasteiger partial charge in [0.05, 0.1) is 6.10 Å². The third-order valence-corrected chi connectivity index (χ3v) is 2.00. The molecule has 0 aromatic carbocycles. The topological polar surface area (TPSA) is 46.5 Å². The average Bonchev–Trinajstić information content (AvgIpc) is 2.61. The highest BCUT2D eigenvalue weighted by Crippen LogP contribution is 2.36. The summed E-state index contributed by atoms with van der Waals surface area (Å²) >= 11 is 0. The second kappa shape index (κ2) is 3.22. The van der Waals surface area contributed by atoms with Gasteiger partial charge < -0.3 is 9.84 Å². The molecule has 0 aromatic heterocycles. The lowest BCUT2D eigenvalue weighted by atomic mass is 10.2. The van der Waals surface area contributed by atoms with Crippen molar-refractivity contribution >= 4 is 5.97 Å². The van der Waals surface area contributed by atoms with Crippen LogP contribution in [0.25, 0.3) is 0 Å². The number of rotatable bonds is 3. The zero-order chi connectivity index (χ0) is 8.43. The van der Waals surface area contributed by atoms with Crippen molar-refractivity contribution in [3.63, 3.8) is 0 Å². The fourth-order valence-corrected chi connectivity index (χ4v) is 1.29. The van der Waals surface area contributed by atoms with Crippen LogP contribution in [0.15, 0.2) is 0 Å². The van der Waals surface area contributed by atoms with Crippen LogP contribution in [0, 0.1) is 5.92 Å². The summed E-state index contributed by atoms with van der Waals surface area (Å²) in [7, 11) is 0. The molecule has 1 rings (SSSR count). The number of carbonyl (C=O) groups is 1. The Morgan fingerprint density at radius 3 is 2.64 bits per heavy atom. The van der Waals surface area contributed by atoms with Crippen LogP contribution in [-0.2, 0) is 9.53 Å². The SMILES string of the molecule is CCC(OC(C)=O)C1CC1O. The van der Waals surface area contributed by atoms with Crippen LogP contribution in [0.5, 0.6) is 0 Å². The zero-order valence-corrected chi connectivity index (χ0v) is 6.91. The number of aliphatic hydroxyl groups is 1. The molecule has 1 fully saturated rings. The molecule has 1 aliphatic carbocycles. The second-order valence-corrected chi connectivity index (χ2v) is 3.02. The number of aliphatic hydroxyl groups excluding tert-OH is 1. The van der Waals surface area contributed by atoms with Crippen molar-refractivity contribution in [1.29, 1.82) is 0 Å². The smallest absolute Gasteiger partial charge is 0.302 e. The van der Waals surface area contributed by atoms with Crippen LogP contribution < -0.4 is 0 Å². The van der Waals surface area contributed by atoms with Gasteiger partial charge in [0, 0.05) is 12.8 Å². The second-order valence-electron chi connectivity index (χ2n) is 3.02. The predicted octanol–water partition coefficient (Wildman–Crippen LogP) is 0.709. The van der Waals surface area contributed by atoms with Crippen LogP contribution in [0.4, 0.5) is 0 Å². The van der Waals surface area contributed by atoms with Crippen molar-refractivity contribution in [1.82, 2.24) is 0 Å². The minimum Gasteiger partial charge on any atom is -0.462 e. The average molecular weight is 158 g/mol. The highest BCUT2D eigenvalue weighted by Gasteiger charge is 2.42. The summed E-state index contributed by atoms with van der Waals surface area (Å²) in [6, 6.07) is 0.